The fourth-order valence-corrected chi connectivity index (χ4v) is 2.99. The Labute approximate surface area is 151 Å². The molecule has 2 rings (SSSR count). The zero-order valence-electron chi connectivity index (χ0n) is 13.8. The molecule has 0 bridgehead atoms. The molecule has 0 saturated carbocycles. The molecule has 6 heteroatoms. The average Bonchev–Trinajstić information content (AvgIpc) is 2.60. The highest BCUT2D eigenvalue weighted by Gasteiger charge is 2.16. The quantitative estimate of drug-likeness (QED) is 0.777. The van der Waals surface area contributed by atoms with Crippen molar-refractivity contribution in [1.82, 2.24) is 0 Å². The van der Waals surface area contributed by atoms with Gasteiger partial charge in [-0.2, -0.15) is 0 Å². The van der Waals surface area contributed by atoms with Crippen molar-refractivity contribution in [3.8, 4) is 11.5 Å². The number of ether oxygens (including phenoxy) is 2. The molecule has 128 valence electrons. The molecular formula is C18H20ClNO3S. The predicted octanol–water partition coefficient (Wildman–Crippen LogP) is 4.62. The second kappa shape index (κ2) is 8.85. The van der Waals surface area contributed by atoms with Crippen LogP contribution in [0.4, 0.5) is 5.69 Å². The Kier molecular flexibility index (Phi) is 6.82. The van der Waals surface area contributed by atoms with Crippen LogP contribution in [0.1, 0.15) is 12.5 Å². The summed E-state index contributed by atoms with van der Waals surface area (Å²) >= 11 is 7.43. The molecule has 1 unspecified atom stereocenters. The summed E-state index contributed by atoms with van der Waals surface area (Å²) in [4.78, 5) is 12.4. The monoisotopic (exact) mass is 365 g/mol. The number of benzene rings is 2. The highest BCUT2D eigenvalue weighted by Crippen LogP contribution is 2.30. The van der Waals surface area contributed by atoms with Gasteiger partial charge in [0.25, 0.3) is 0 Å². The number of nitrogens with one attached hydrogen (secondary N) is 1. The lowest BCUT2D eigenvalue weighted by atomic mass is 10.2. The van der Waals surface area contributed by atoms with Crippen LogP contribution in [0.15, 0.2) is 42.5 Å². The van der Waals surface area contributed by atoms with E-state index >= 15 is 0 Å². The van der Waals surface area contributed by atoms with Gasteiger partial charge < -0.3 is 14.8 Å². The van der Waals surface area contributed by atoms with Gasteiger partial charge >= 0.3 is 0 Å². The number of carbonyl (C=O) groups excluding carboxylic acids is 1. The molecule has 1 N–H and O–H groups in total. The van der Waals surface area contributed by atoms with Crippen molar-refractivity contribution in [2.45, 2.75) is 17.9 Å². The van der Waals surface area contributed by atoms with Crippen molar-refractivity contribution in [1.29, 1.82) is 0 Å². The van der Waals surface area contributed by atoms with Crippen LogP contribution < -0.4 is 14.8 Å². The van der Waals surface area contributed by atoms with Gasteiger partial charge in [0.2, 0.25) is 5.91 Å². The normalized spacial score (nSPS) is 11.7. The number of rotatable bonds is 7. The number of halogens is 1. The van der Waals surface area contributed by atoms with Gasteiger partial charge in [0.05, 0.1) is 25.2 Å². The van der Waals surface area contributed by atoms with E-state index in [1.54, 1.807) is 44.2 Å². The van der Waals surface area contributed by atoms with Gasteiger partial charge in [0.1, 0.15) is 11.5 Å². The van der Waals surface area contributed by atoms with E-state index in [0.29, 0.717) is 22.2 Å². The van der Waals surface area contributed by atoms with Gasteiger partial charge in [0, 0.05) is 16.8 Å². The smallest absolute Gasteiger partial charge is 0.237 e. The van der Waals surface area contributed by atoms with Crippen LogP contribution in [0, 0.1) is 0 Å². The maximum absolute atomic E-state index is 12.4. The molecule has 0 saturated heterocycles. The minimum Gasteiger partial charge on any atom is -0.497 e. The number of anilines is 1. The number of amides is 1. The number of thioether (sulfide) groups is 1. The summed E-state index contributed by atoms with van der Waals surface area (Å²) in [5.74, 6) is 1.91. The molecule has 4 nitrogen and oxygen atoms in total. The maximum Gasteiger partial charge on any atom is 0.237 e. The topological polar surface area (TPSA) is 47.6 Å². The fourth-order valence-electron chi connectivity index (χ4n) is 2.02. The summed E-state index contributed by atoms with van der Waals surface area (Å²) < 4.78 is 10.5. The molecule has 0 aliphatic rings. The number of methoxy groups -OCH3 is 2. The van der Waals surface area contributed by atoms with Gasteiger partial charge in [-0.25, -0.2) is 0 Å². The minimum atomic E-state index is -0.211. The first-order chi connectivity index (χ1) is 11.5. The Morgan fingerprint density at radius 3 is 2.50 bits per heavy atom. The second-order valence-corrected chi connectivity index (χ2v) is 6.90. The van der Waals surface area contributed by atoms with E-state index in [1.165, 1.54) is 0 Å². The molecule has 0 fully saturated rings. The van der Waals surface area contributed by atoms with Crippen LogP contribution >= 0.6 is 23.4 Å². The van der Waals surface area contributed by atoms with Crippen LogP contribution in [0.5, 0.6) is 11.5 Å². The minimum absolute atomic E-state index is 0.0829. The van der Waals surface area contributed by atoms with E-state index in [2.05, 4.69) is 5.32 Å². The number of hydrogen-bond acceptors (Lipinski definition) is 4. The summed E-state index contributed by atoms with van der Waals surface area (Å²) in [6, 6.07) is 12.9. The first-order valence-electron chi connectivity index (χ1n) is 7.42. The lowest BCUT2D eigenvalue weighted by Crippen LogP contribution is -2.23. The van der Waals surface area contributed by atoms with E-state index in [9.17, 15) is 4.79 Å². The van der Waals surface area contributed by atoms with Crippen LogP contribution in [0.3, 0.4) is 0 Å². The summed E-state index contributed by atoms with van der Waals surface area (Å²) in [5.41, 5.74) is 1.73. The van der Waals surface area contributed by atoms with Crippen LogP contribution in [-0.4, -0.2) is 25.4 Å². The standard InChI is InChI=1S/C18H20ClNO3S/c1-12(24-11-13-4-6-14(19)7-5-13)18(21)20-16-10-15(22-2)8-9-17(16)23-3/h4-10,12H,11H2,1-3H3,(H,20,21). The van der Waals surface area contributed by atoms with Crippen molar-refractivity contribution in [3.63, 3.8) is 0 Å². The van der Waals surface area contributed by atoms with Crippen molar-refractivity contribution in [2.24, 2.45) is 0 Å². The maximum atomic E-state index is 12.4. The van der Waals surface area contributed by atoms with Gasteiger partial charge in [-0.3, -0.25) is 4.79 Å². The zero-order valence-corrected chi connectivity index (χ0v) is 15.4. The first kappa shape index (κ1) is 18.5. The molecule has 0 radical (unpaired) electrons. The van der Waals surface area contributed by atoms with Crippen LogP contribution in [0.2, 0.25) is 5.02 Å². The lowest BCUT2D eigenvalue weighted by Gasteiger charge is -2.15. The highest BCUT2D eigenvalue weighted by atomic mass is 35.5. The lowest BCUT2D eigenvalue weighted by molar-refractivity contribution is -0.115. The Balaban J connectivity index is 1.97. The van der Waals surface area contributed by atoms with E-state index in [4.69, 9.17) is 21.1 Å². The largest absolute Gasteiger partial charge is 0.497 e. The molecule has 1 amide bonds. The molecule has 0 aromatic heterocycles. The summed E-state index contributed by atoms with van der Waals surface area (Å²) in [6.45, 7) is 1.88. The van der Waals surface area contributed by atoms with E-state index in [1.807, 2.05) is 31.2 Å². The Morgan fingerprint density at radius 1 is 1.17 bits per heavy atom. The van der Waals surface area contributed by atoms with E-state index in [0.717, 1.165) is 11.3 Å². The van der Waals surface area contributed by atoms with Gasteiger partial charge in [-0.15, -0.1) is 11.8 Å². The highest BCUT2D eigenvalue weighted by molar-refractivity contribution is 7.99. The second-order valence-electron chi connectivity index (χ2n) is 5.14. The SMILES string of the molecule is COc1ccc(OC)c(NC(=O)C(C)SCc2ccc(Cl)cc2)c1. The average molecular weight is 366 g/mol. The molecule has 0 aliphatic heterocycles. The van der Waals surface area contributed by atoms with E-state index < -0.39 is 0 Å². The first-order valence-corrected chi connectivity index (χ1v) is 8.85. The van der Waals surface area contributed by atoms with Gasteiger partial charge in [-0.05, 0) is 36.8 Å². The summed E-state index contributed by atoms with van der Waals surface area (Å²) in [5, 5.41) is 3.39. The van der Waals surface area contributed by atoms with Crippen molar-refractivity contribution in [2.75, 3.05) is 19.5 Å². The molecule has 24 heavy (non-hydrogen) atoms. The molecule has 0 heterocycles. The molecule has 0 spiro atoms. The zero-order chi connectivity index (χ0) is 17.5. The fraction of sp³-hybridized carbons (Fsp3) is 0.278. The predicted molar refractivity (Wildman–Crippen MR) is 100 cm³/mol. The molecule has 1 atom stereocenters. The van der Waals surface area contributed by atoms with Crippen molar-refractivity contribution in [3.05, 3.63) is 53.1 Å². The third-order valence-corrected chi connectivity index (χ3v) is 4.91. The van der Waals surface area contributed by atoms with Gasteiger partial charge in [0.15, 0.2) is 0 Å². The van der Waals surface area contributed by atoms with Crippen molar-refractivity contribution >= 4 is 35.0 Å². The Hall–Kier alpha value is -1.85. The molecule has 0 aliphatic carbocycles. The molecule has 2 aromatic carbocycles. The molecular weight excluding hydrogens is 346 g/mol. The number of carbonyl (C=O) groups is 1. The van der Waals surface area contributed by atoms with Crippen molar-refractivity contribution < 1.29 is 14.3 Å². The Morgan fingerprint density at radius 2 is 1.88 bits per heavy atom. The summed E-state index contributed by atoms with van der Waals surface area (Å²) in [6.07, 6.45) is 0. The third kappa shape index (κ3) is 5.08. The Bertz CT molecular complexity index is 691. The van der Waals surface area contributed by atoms with Gasteiger partial charge in [-0.1, -0.05) is 23.7 Å². The van der Waals surface area contributed by atoms with Crippen LogP contribution in [-0.2, 0) is 10.5 Å². The van der Waals surface area contributed by atoms with Crippen LogP contribution in [0.25, 0.3) is 0 Å². The number of hydrogen-bond donors (Lipinski definition) is 1. The third-order valence-electron chi connectivity index (χ3n) is 3.45. The van der Waals surface area contributed by atoms with E-state index in [-0.39, 0.29) is 11.2 Å². The summed E-state index contributed by atoms with van der Waals surface area (Å²) in [7, 11) is 3.15. The molecule has 2 aromatic rings.